The van der Waals surface area contributed by atoms with Gasteiger partial charge < -0.3 is 20.5 Å². The summed E-state index contributed by atoms with van der Waals surface area (Å²) in [5, 5.41) is 13.8. The van der Waals surface area contributed by atoms with Crippen molar-refractivity contribution in [2.24, 2.45) is 0 Å². The van der Waals surface area contributed by atoms with Gasteiger partial charge in [-0.1, -0.05) is 13.8 Å². The van der Waals surface area contributed by atoms with Crippen molar-refractivity contribution < 1.29 is 45.8 Å². The summed E-state index contributed by atoms with van der Waals surface area (Å²) in [6.45, 7) is 3.76. The molecule has 0 bridgehead atoms. The third-order valence-electron chi connectivity index (χ3n) is 4.32. The number of amides is 2. The van der Waals surface area contributed by atoms with Crippen LogP contribution in [0.5, 0.6) is 17.2 Å². The Labute approximate surface area is 184 Å². The molecule has 0 fully saturated rings. The first-order valence-corrected chi connectivity index (χ1v) is 9.47. The third-order valence-corrected chi connectivity index (χ3v) is 4.32. The highest BCUT2D eigenvalue weighted by atomic mass is 19.4. The molecule has 3 N–H and O–H groups in total. The SMILES string of the molecule is CC(=O)NCC(=O)Nc1cc(C(F)(F)F)c(Oc2ccc(O)c(C(C)C)c2)c(C(F)(F)F)c1. The fraction of sp³-hybridized carbons (Fsp3) is 0.333. The monoisotopic (exact) mass is 478 g/mol. The van der Waals surface area contributed by atoms with Crippen molar-refractivity contribution in [3.8, 4) is 17.2 Å². The van der Waals surface area contributed by atoms with Gasteiger partial charge in [0.2, 0.25) is 11.8 Å². The number of aromatic hydroxyl groups is 1. The van der Waals surface area contributed by atoms with Gasteiger partial charge in [0.15, 0.2) is 5.75 Å². The largest absolute Gasteiger partial charge is 0.508 e. The van der Waals surface area contributed by atoms with Crippen LogP contribution in [0, 0.1) is 0 Å². The molecule has 0 saturated heterocycles. The van der Waals surface area contributed by atoms with Gasteiger partial charge in [0.05, 0.1) is 6.54 Å². The second kappa shape index (κ2) is 9.59. The summed E-state index contributed by atoms with van der Waals surface area (Å²) in [6.07, 6.45) is -10.5. The van der Waals surface area contributed by atoms with Crippen LogP contribution in [-0.4, -0.2) is 23.5 Å². The molecule has 180 valence electrons. The maximum atomic E-state index is 13.7. The molecule has 0 radical (unpaired) electrons. The van der Waals surface area contributed by atoms with Crippen LogP contribution < -0.4 is 15.4 Å². The van der Waals surface area contributed by atoms with Crippen LogP contribution in [0.25, 0.3) is 0 Å². The fourth-order valence-corrected chi connectivity index (χ4v) is 2.82. The lowest BCUT2D eigenvalue weighted by Crippen LogP contribution is -2.31. The maximum Gasteiger partial charge on any atom is 0.420 e. The number of carbonyl (C=O) groups is 2. The molecular formula is C21H20F6N2O4. The van der Waals surface area contributed by atoms with E-state index in [1.807, 2.05) is 5.32 Å². The molecule has 33 heavy (non-hydrogen) atoms. The van der Waals surface area contributed by atoms with Gasteiger partial charge in [0.1, 0.15) is 22.6 Å². The lowest BCUT2D eigenvalue weighted by Gasteiger charge is -2.21. The van der Waals surface area contributed by atoms with Gasteiger partial charge in [-0.25, -0.2) is 0 Å². The number of nitrogens with one attached hydrogen (secondary N) is 2. The number of phenolic OH excluding ortho intramolecular Hbond substituents is 1. The molecule has 0 spiro atoms. The molecule has 2 amide bonds. The zero-order chi connectivity index (χ0) is 25.1. The molecule has 0 aliphatic heterocycles. The van der Waals surface area contributed by atoms with E-state index in [0.717, 1.165) is 25.1 Å². The molecule has 2 rings (SSSR count). The first-order chi connectivity index (χ1) is 15.1. The molecule has 2 aromatic carbocycles. The van der Waals surface area contributed by atoms with Crippen molar-refractivity contribution in [3.63, 3.8) is 0 Å². The maximum absolute atomic E-state index is 13.7. The van der Waals surface area contributed by atoms with Gasteiger partial charge in [-0.15, -0.1) is 0 Å². The second-order valence-corrected chi connectivity index (χ2v) is 7.33. The summed E-state index contributed by atoms with van der Waals surface area (Å²) < 4.78 is 87.3. The van der Waals surface area contributed by atoms with Crippen LogP contribution in [0.3, 0.4) is 0 Å². The van der Waals surface area contributed by atoms with E-state index in [1.54, 1.807) is 13.8 Å². The van der Waals surface area contributed by atoms with E-state index in [-0.39, 0.29) is 23.0 Å². The van der Waals surface area contributed by atoms with Crippen molar-refractivity contribution in [1.29, 1.82) is 0 Å². The highest BCUT2D eigenvalue weighted by molar-refractivity contribution is 5.94. The lowest BCUT2D eigenvalue weighted by atomic mass is 10.0. The van der Waals surface area contributed by atoms with Crippen molar-refractivity contribution in [1.82, 2.24) is 5.32 Å². The summed E-state index contributed by atoms with van der Waals surface area (Å²) in [4.78, 5) is 22.7. The molecule has 0 unspecified atom stereocenters. The van der Waals surface area contributed by atoms with Gasteiger partial charge in [0.25, 0.3) is 0 Å². The van der Waals surface area contributed by atoms with Gasteiger partial charge >= 0.3 is 12.4 Å². The van der Waals surface area contributed by atoms with E-state index in [9.17, 15) is 41.0 Å². The Morgan fingerprint density at radius 1 is 1.00 bits per heavy atom. The number of carbonyl (C=O) groups excluding carboxylic acids is 2. The van der Waals surface area contributed by atoms with Gasteiger partial charge in [-0.05, 0) is 36.2 Å². The Morgan fingerprint density at radius 2 is 1.55 bits per heavy atom. The van der Waals surface area contributed by atoms with Gasteiger partial charge in [-0.3, -0.25) is 9.59 Å². The predicted molar refractivity (Wildman–Crippen MR) is 106 cm³/mol. The average Bonchev–Trinajstić information content (AvgIpc) is 2.66. The minimum Gasteiger partial charge on any atom is -0.508 e. The van der Waals surface area contributed by atoms with E-state index in [4.69, 9.17) is 4.74 Å². The number of hydrogen-bond acceptors (Lipinski definition) is 4. The van der Waals surface area contributed by atoms with Crippen molar-refractivity contribution in [2.75, 3.05) is 11.9 Å². The summed E-state index contributed by atoms with van der Waals surface area (Å²) in [5.41, 5.74) is -4.07. The van der Waals surface area contributed by atoms with Crippen molar-refractivity contribution in [2.45, 2.75) is 39.0 Å². The summed E-state index contributed by atoms with van der Waals surface area (Å²) in [6, 6.07) is 3.88. The summed E-state index contributed by atoms with van der Waals surface area (Å²) >= 11 is 0. The third kappa shape index (κ3) is 6.77. The topological polar surface area (TPSA) is 87.7 Å². The number of benzene rings is 2. The number of anilines is 1. The lowest BCUT2D eigenvalue weighted by molar-refractivity contribution is -0.145. The van der Waals surface area contributed by atoms with Crippen molar-refractivity contribution >= 4 is 17.5 Å². The average molecular weight is 478 g/mol. The number of hydrogen-bond donors (Lipinski definition) is 3. The Hall–Kier alpha value is -3.44. The first kappa shape index (κ1) is 25.8. The fourth-order valence-electron chi connectivity index (χ4n) is 2.82. The van der Waals surface area contributed by atoms with E-state index < -0.39 is 53.3 Å². The number of ether oxygens (including phenoxy) is 1. The van der Waals surface area contributed by atoms with Crippen molar-refractivity contribution in [3.05, 3.63) is 47.0 Å². The highest BCUT2D eigenvalue weighted by Gasteiger charge is 2.43. The second-order valence-electron chi connectivity index (χ2n) is 7.33. The number of halogens is 6. The quantitative estimate of drug-likeness (QED) is 0.484. The molecule has 0 atom stereocenters. The Kier molecular flexibility index (Phi) is 7.50. The molecular weight excluding hydrogens is 458 g/mol. The zero-order valence-corrected chi connectivity index (χ0v) is 17.6. The van der Waals surface area contributed by atoms with E-state index >= 15 is 0 Å². The zero-order valence-electron chi connectivity index (χ0n) is 17.6. The van der Waals surface area contributed by atoms with Crippen LogP contribution >= 0.6 is 0 Å². The normalized spacial score (nSPS) is 11.9. The molecule has 0 heterocycles. The minimum absolute atomic E-state index is 0.193. The Bertz CT molecular complexity index is 1010. The first-order valence-electron chi connectivity index (χ1n) is 9.47. The van der Waals surface area contributed by atoms with Crippen LogP contribution in [0.4, 0.5) is 32.0 Å². The molecule has 0 saturated carbocycles. The highest BCUT2D eigenvalue weighted by Crippen LogP contribution is 2.47. The van der Waals surface area contributed by atoms with Gasteiger partial charge in [-0.2, -0.15) is 26.3 Å². The summed E-state index contributed by atoms with van der Waals surface area (Å²) in [5.74, 6) is -3.98. The number of phenols is 1. The standard InChI is InChI=1S/C21H20F6N2O4/c1-10(2)14-8-13(4-5-17(14)31)33-19-15(20(22,23)24)6-12(7-16(19)21(25,26)27)29-18(32)9-28-11(3)30/h4-8,10,31H,9H2,1-3H3,(H,28,30)(H,29,32). The number of alkyl halides is 6. The Balaban J connectivity index is 2.60. The molecule has 6 nitrogen and oxygen atoms in total. The minimum atomic E-state index is -5.27. The van der Waals surface area contributed by atoms with Gasteiger partial charge in [0, 0.05) is 18.2 Å². The molecule has 0 aliphatic rings. The van der Waals surface area contributed by atoms with Crippen LogP contribution in [0.15, 0.2) is 30.3 Å². The number of rotatable bonds is 6. The smallest absolute Gasteiger partial charge is 0.420 e. The molecule has 2 aromatic rings. The molecule has 0 aromatic heterocycles. The summed E-state index contributed by atoms with van der Waals surface area (Å²) in [7, 11) is 0. The Morgan fingerprint density at radius 3 is 2.00 bits per heavy atom. The van der Waals surface area contributed by atoms with E-state index in [0.29, 0.717) is 12.1 Å². The van der Waals surface area contributed by atoms with Crippen LogP contribution in [0.2, 0.25) is 0 Å². The van der Waals surface area contributed by atoms with E-state index in [1.165, 1.54) is 0 Å². The van der Waals surface area contributed by atoms with Crippen LogP contribution in [0.1, 0.15) is 43.4 Å². The molecule has 0 aliphatic carbocycles. The predicted octanol–water partition coefficient (Wildman–Crippen LogP) is 5.42. The molecule has 12 heteroatoms. The van der Waals surface area contributed by atoms with E-state index in [2.05, 4.69) is 5.32 Å². The van der Waals surface area contributed by atoms with Crippen LogP contribution in [-0.2, 0) is 21.9 Å².